The standard InChI is InChI=1S/C32H34N2O6/c1-6-29(36)34-25-10-8-7-9-23(25)33-24-15-20(19-11-13-22(37-2)14-12-19)16-26(35)30(24)31(34)21-17-27(38-3)32(40-5)28(18-21)39-4/h7-14,17-18,20,31,33H,6,15-16H2,1-5H3/t20-,31+/m0/s1. The van der Waals surface area contributed by atoms with Gasteiger partial charge in [0.25, 0.3) is 0 Å². The van der Waals surface area contributed by atoms with Crippen LogP contribution in [-0.4, -0.2) is 40.1 Å². The highest BCUT2D eigenvalue weighted by molar-refractivity contribution is 6.06. The van der Waals surface area contributed by atoms with E-state index in [0.29, 0.717) is 46.9 Å². The number of hydrogen-bond acceptors (Lipinski definition) is 7. The lowest BCUT2D eigenvalue weighted by molar-refractivity contribution is -0.119. The van der Waals surface area contributed by atoms with Crippen LogP contribution >= 0.6 is 0 Å². The highest BCUT2D eigenvalue weighted by Crippen LogP contribution is 2.50. The van der Waals surface area contributed by atoms with Crippen LogP contribution in [-0.2, 0) is 9.59 Å². The molecular weight excluding hydrogens is 508 g/mol. The summed E-state index contributed by atoms with van der Waals surface area (Å²) in [5.41, 5.74) is 4.60. The summed E-state index contributed by atoms with van der Waals surface area (Å²) in [6.45, 7) is 1.83. The van der Waals surface area contributed by atoms with Gasteiger partial charge in [0.1, 0.15) is 5.75 Å². The molecule has 2 aliphatic rings. The van der Waals surface area contributed by atoms with Crippen LogP contribution in [0.5, 0.6) is 23.0 Å². The Labute approximate surface area is 234 Å². The van der Waals surface area contributed by atoms with Gasteiger partial charge in [-0.15, -0.1) is 0 Å². The van der Waals surface area contributed by atoms with Crippen molar-refractivity contribution < 1.29 is 28.5 Å². The molecule has 0 fully saturated rings. The molecule has 0 aromatic heterocycles. The first-order valence-corrected chi connectivity index (χ1v) is 13.3. The van der Waals surface area contributed by atoms with Crippen molar-refractivity contribution in [2.45, 2.75) is 38.1 Å². The molecule has 0 bridgehead atoms. The van der Waals surface area contributed by atoms with E-state index in [1.54, 1.807) is 33.3 Å². The van der Waals surface area contributed by atoms with Gasteiger partial charge in [0.2, 0.25) is 11.7 Å². The highest BCUT2D eigenvalue weighted by Gasteiger charge is 2.42. The summed E-state index contributed by atoms with van der Waals surface area (Å²) >= 11 is 0. The van der Waals surface area contributed by atoms with E-state index in [0.717, 1.165) is 22.7 Å². The molecule has 2 atom stereocenters. The first-order valence-electron chi connectivity index (χ1n) is 13.3. The number of ketones is 1. The SMILES string of the molecule is CCC(=O)N1c2ccccc2NC2=C(C(=O)C[C@@H](c3ccc(OC)cc3)C2)[C@H]1c1cc(OC)c(OC)c(OC)c1. The van der Waals surface area contributed by atoms with Gasteiger partial charge in [0.15, 0.2) is 17.3 Å². The van der Waals surface area contributed by atoms with E-state index in [4.69, 9.17) is 18.9 Å². The highest BCUT2D eigenvalue weighted by atomic mass is 16.5. The average Bonchev–Trinajstić information content (AvgIpc) is 3.14. The van der Waals surface area contributed by atoms with Gasteiger partial charge in [-0.25, -0.2) is 0 Å². The fourth-order valence-corrected chi connectivity index (χ4v) is 5.72. The molecule has 0 saturated carbocycles. The van der Waals surface area contributed by atoms with E-state index in [9.17, 15) is 9.59 Å². The number of nitrogens with zero attached hydrogens (tertiary/aromatic N) is 1. The van der Waals surface area contributed by atoms with Crippen molar-refractivity contribution in [1.82, 2.24) is 0 Å². The molecule has 3 aromatic rings. The molecule has 1 aliphatic heterocycles. The molecule has 8 nitrogen and oxygen atoms in total. The van der Waals surface area contributed by atoms with E-state index in [1.807, 2.05) is 67.6 Å². The van der Waals surface area contributed by atoms with E-state index >= 15 is 0 Å². The molecule has 5 rings (SSSR count). The molecule has 0 saturated heterocycles. The first kappa shape index (κ1) is 27.1. The fourth-order valence-electron chi connectivity index (χ4n) is 5.72. The third-order valence-corrected chi connectivity index (χ3v) is 7.65. The Morgan fingerprint density at radius 1 is 0.875 bits per heavy atom. The number of carbonyl (C=O) groups is 2. The molecule has 1 heterocycles. The van der Waals surface area contributed by atoms with Crippen molar-refractivity contribution in [3.05, 3.63) is 83.1 Å². The molecule has 0 unspecified atom stereocenters. The van der Waals surface area contributed by atoms with Gasteiger partial charge in [0, 0.05) is 24.1 Å². The lowest BCUT2D eigenvalue weighted by atomic mass is 9.78. The van der Waals surface area contributed by atoms with Gasteiger partial charge in [0.05, 0.1) is 45.9 Å². The monoisotopic (exact) mass is 542 g/mol. The van der Waals surface area contributed by atoms with Crippen LogP contribution in [0.4, 0.5) is 11.4 Å². The van der Waals surface area contributed by atoms with Crippen LogP contribution in [0.3, 0.4) is 0 Å². The van der Waals surface area contributed by atoms with Crippen LogP contribution in [0.15, 0.2) is 71.9 Å². The summed E-state index contributed by atoms with van der Waals surface area (Å²) < 4.78 is 22.2. The smallest absolute Gasteiger partial charge is 0.227 e. The molecule has 1 N–H and O–H groups in total. The van der Waals surface area contributed by atoms with E-state index in [2.05, 4.69) is 5.32 Å². The summed E-state index contributed by atoms with van der Waals surface area (Å²) in [6.07, 6.45) is 1.19. The Morgan fingerprint density at radius 3 is 2.15 bits per heavy atom. The number of methoxy groups -OCH3 is 4. The third kappa shape index (κ3) is 4.74. The molecule has 208 valence electrons. The number of para-hydroxylation sites is 2. The number of amides is 1. The van der Waals surface area contributed by atoms with Gasteiger partial charge < -0.3 is 24.3 Å². The molecule has 0 radical (unpaired) electrons. The Balaban J connectivity index is 1.73. The van der Waals surface area contributed by atoms with Crippen LogP contribution < -0.4 is 29.2 Å². The average molecular weight is 543 g/mol. The second kappa shape index (κ2) is 11.3. The Morgan fingerprint density at radius 2 is 1.55 bits per heavy atom. The van der Waals surface area contributed by atoms with Crippen LogP contribution in [0, 0.1) is 0 Å². The summed E-state index contributed by atoms with van der Waals surface area (Å²) in [6, 6.07) is 18.5. The van der Waals surface area contributed by atoms with Crippen molar-refractivity contribution in [1.29, 1.82) is 0 Å². The summed E-state index contributed by atoms with van der Waals surface area (Å²) in [5.74, 6) is 1.97. The number of carbonyl (C=O) groups excluding carboxylic acids is 2. The number of rotatable bonds is 7. The normalized spacial score (nSPS) is 18.2. The summed E-state index contributed by atoms with van der Waals surface area (Å²) in [7, 11) is 6.28. The van der Waals surface area contributed by atoms with Gasteiger partial charge in [-0.05, 0) is 59.9 Å². The number of fused-ring (bicyclic) bond motifs is 1. The van der Waals surface area contributed by atoms with Gasteiger partial charge in [-0.3, -0.25) is 14.5 Å². The number of ether oxygens (including phenoxy) is 4. The quantitative estimate of drug-likeness (QED) is 0.390. The van der Waals surface area contributed by atoms with Crippen LogP contribution in [0.2, 0.25) is 0 Å². The minimum absolute atomic E-state index is 0.0185. The number of Topliss-reactive ketones (excluding diaryl/α,β-unsaturated/α-hetero) is 1. The third-order valence-electron chi connectivity index (χ3n) is 7.65. The van der Waals surface area contributed by atoms with E-state index in [1.165, 1.54) is 0 Å². The first-order chi connectivity index (χ1) is 19.4. The molecular formula is C32H34N2O6. The van der Waals surface area contributed by atoms with Crippen LogP contribution in [0.1, 0.15) is 49.3 Å². The summed E-state index contributed by atoms with van der Waals surface area (Å²) in [4.78, 5) is 29.6. The molecule has 8 heteroatoms. The lowest BCUT2D eigenvalue weighted by Crippen LogP contribution is -2.38. The van der Waals surface area contributed by atoms with E-state index in [-0.39, 0.29) is 24.0 Å². The van der Waals surface area contributed by atoms with Crippen molar-refractivity contribution >= 4 is 23.1 Å². The number of hydrogen-bond donors (Lipinski definition) is 1. The number of benzene rings is 3. The zero-order chi connectivity index (χ0) is 28.4. The largest absolute Gasteiger partial charge is 0.497 e. The summed E-state index contributed by atoms with van der Waals surface area (Å²) in [5, 5.41) is 3.56. The Kier molecular flexibility index (Phi) is 7.69. The van der Waals surface area contributed by atoms with Gasteiger partial charge in [-0.2, -0.15) is 0 Å². The maximum atomic E-state index is 14.2. The predicted molar refractivity (Wildman–Crippen MR) is 154 cm³/mol. The molecule has 1 amide bonds. The fraction of sp³-hybridized carbons (Fsp3) is 0.312. The molecule has 40 heavy (non-hydrogen) atoms. The Hall–Kier alpha value is -4.46. The zero-order valence-electron chi connectivity index (χ0n) is 23.4. The van der Waals surface area contributed by atoms with Crippen LogP contribution in [0.25, 0.3) is 0 Å². The van der Waals surface area contributed by atoms with Crippen molar-refractivity contribution in [2.75, 3.05) is 38.7 Å². The topological polar surface area (TPSA) is 86.3 Å². The van der Waals surface area contributed by atoms with Gasteiger partial charge >= 0.3 is 0 Å². The second-order valence-electron chi connectivity index (χ2n) is 9.81. The molecule has 0 spiro atoms. The Bertz CT molecular complexity index is 1440. The maximum Gasteiger partial charge on any atom is 0.227 e. The predicted octanol–water partition coefficient (Wildman–Crippen LogP) is 6.03. The molecule has 1 aliphatic carbocycles. The maximum absolute atomic E-state index is 14.2. The van der Waals surface area contributed by atoms with E-state index < -0.39 is 6.04 Å². The van der Waals surface area contributed by atoms with Gasteiger partial charge in [-0.1, -0.05) is 31.2 Å². The number of anilines is 2. The number of nitrogens with one attached hydrogen (secondary N) is 1. The van der Waals surface area contributed by atoms with Crippen molar-refractivity contribution in [3.8, 4) is 23.0 Å². The van der Waals surface area contributed by atoms with Crippen molar-refractivity contribution in [3.63, 3.8) is 0 Å². The second-order valence-corrected chi connectivity index (χ2v) is 9.81. The minimum atomic E-state index is -0.698. The minimum Gasteiger partial charge on any atom is -0.497 e. The lowest BCUT2D eigenvalue weighted by Gasteiger charge is -2.35. The number of allylic oxidation sites excluding steroid dienone is 1. The molecule has 3 aromatic carbocycles. The zero-order valence-corrected chi connectivity index (χ0v) is 23.4. The van der Waals surface area contributed by atoms with Crippen molar-refractivity contribution in [2.24, 2.45) is 0 Å².